The number of likely N-dealkylation sites (N-methyl/N-ethyl adjacent to an activating group) is 1. The van der Waals surface area contributed by atoms with Crippen molar-refractivity contribution < 1.29 is 4.79 Å². The largest absolute Gasteiger partial charge is 0.341 e. The first-order chi connectivity index (χ1) is 18.0. The Hall–Kier alpha value is -3.85. The second-order valence-electron chi connectivity index (χ2n) is 10.2. The standard InChI is InChI=1S/C28H32N8O/c1-33-10-4-7-26(33)28(37)35-11-8-25(9-12-35)36-19-24(17-32-36)22-14-29-27(30-15-22)21-6-3-5-20(13-21)23-16-31-34(2)18-23/h3,5-6,13-19,25-26H,4,7-12H2,1-2H3. The van der Waals surface area contributed by atoms with Crippen LogP contribution in [0.1, 0.15) is 31.7 Å². The second-order valence-corrected chi connectivity index (χ2v) is 10.2. The summed E-state index contributed by atoms with van der Waals surface area (Å²) in [6.07, 6.45) is 15.5. The number of benzene rings is 1. The fourth-order valence-corrected chi connectivity index (χ4v) is 5.50. The van der Waals surface area contributed by atoms with E-state index in [1.807, 2.05) is 59.7 Å². The molecule has 37 heavy (non-hydrogen) atoms. The zero-order chi connectivity index (χ0) is 25.4. The Labute approximate surface area is 216 Å². The maximum atomic E-state index is 12.9. The molecule has 190 valence electrons. The van der Waals surface area contributed by atoms with Crippen LogP contribution in [0.4, 0.5) is 0 Å². The number of likely N-dealkylation sites (tertiary alicyclic amines) is 2. The molecule has 1 atom stereocenters. The number of aromatic nitrogens is 6. The van der Waals surface area contributed by atoms with Gasteiger partial charge in [0.15, 0.2) is 5.82 Å². The van der Waals surface area contributed by atoms with E-state index < -0.39 is 0 Å². The average molecular weight is 497 g/mol. The molecule has 5 heterocycles. The van der Waals surface area contributed by atoms with Gasteiger partial charge in [-0.15, -0.1) is 0 Å². The maximum Gasteiger partial charge on any atom is 0.239 e. The lowest BCUT2D eigenvalue weighted by Crippen LogP contribution is -2.47. The molecular formula is C28H32N8O. The molecule has 0 N–H and O–H groups in total. The summed E-state index contributed by atoms with van der Waals surface area (Å²) in [5, 5.41) is 8.91. The predicted octanol–water partition coefficient (Wildman–Crippen LogP) is 3.67. The Morgan fingerprint density at radius 2 is 1.54 bits per heavy atom. The van der Waals surface area contributed by atoms with Crippen molar-refractivity contribution in [3.8, 4) is 33.6 Å². The van der Waals surface area contributed by atoms with Gasteiger partial charge in [0, 0.05) is 67.2 Å². The monoisotopic (exact) mass is 496 g/mol. The van der Waals surface area contributed by atoms with Crippen LogP contribution in [0.15, 0.2) is 61.4 Å². The highest BCUT2D eigenvalue weighted by atomic mass is 16.2. The first-order valence-corrected chi connectivity index (χ1v) is 13.0. The number of piperidine rings is 1. The third kappa shape index (κ3) is 4.79. The molecule has 9 nitrogen and oxygen atoms in total. The van der Waals surface area contributed by atoms with E-state index in [0.717, 1.165) is 73.1 Å². The fourth-order valence-electron chi connectivity index (χ4n) is 5.50. The van der Waals surface area contributed by atoms with Crippen LogP contribution in [0.3, 0.4) is 0 Å². The van der Waals surface area contributed by atoms with Crippen LogP contribution >= 0.6 is 0 Å². The number of rotatable bonds is 5. The van der Waals surface area contributed by atoms with Crippen molar-refractivity contribution in [3.63, 3.8) is 0 Å². The Kier molecular flexibility index (Phi) is 6.30. The van der Waals surface area contributed by atoms with Crippen LogP contribution in [0, 0.1) is 0 Å². The number of amides is 1. The minimum absolute atomic E-state index is 0.0636. The van der Waals surface area contributed by atoms with Crippen molar-refractivity contribution >= 4 is 5.91 Å². The number of carbonyl (C=O) groups excluding carboxylic acids is 1. The molecule has 3 aromatic heterocycles. The van der Waals surface area contributed by atoms with Gasteiger partial charge in [-0.1, -0.05) is 18.2 Å². The molecule has 2 aliphatic rings. The van der Waals surface area contributed by atoms with E-state index in [1.165, 1.54) is 0 Å². The van der Waals surface area contributed by atoms with Gasteiger partial charge < -0.3 is 4.90 Å². The fraction of sp³-hybridized carbons (Fsp3) is 0.393. The number of nitrogens with zero attached hydrogens (tertiary/aromatic N) is 8. The lowest BCUT2D eigenvalue weighted by molar-refractivity contribution is -0.136. The lowest BCUT2D eigenvalue weighted by Gasteiger charge is -2.34. The molecule has 4 aromatic rings. The van der Waals surface area contributed by atoms with Crippen LogP contribution in [-0.4, -0.2) is 78.0 Å². The predicted molar refractivity (Wildman–Crippen MR) is 141 cm³/mol. The summed E-state index contributed by atoms with van der Waals surface area (Å²) in [7, 11) is 3.97. The summed E-state index contributed by atoms with van der Waals surface area (Å²) in [5.41, 5.74) is 5.06. The smallest absolute Gasteiger partial charge is 0.239 e. The van der Waals surface area contributed by atoms with Gasteiger partial charge in [-0.05, 0) is 50.9 Å². The molecule has 1 unspecified atom stereocenters. The van der Waals surface area contributed by atoms with Crippen molar-refractivity contribution in [2.75, 3.05) is 26.7 Å². The maximum absolute atomic E-state index is 12.9. The van der Waals surface area contributed by atoms with Gasteiger partial charge in [-0.2, -0.15) is 10.2 Å². The summed E-state index contributed by atoms with van der Waals surface area (Å²) in [4.78, 5) is 26.4. The SMILES string of the molecule is CN1CCCC1C(=O)N1CCC(n2cc(-c3cnc(-c4cccc(-c5cnn(C)c5)c4)nc3)cn2)CC1. The Morgan fingerprint density at radius 3 is 2.24 bits per heavy atom. The minimum Gasteiger partial charge on any atom is -0.341 e. The van der Waals surface area contributed by atoms with Crippen molar-refractivity contribution in [2.45, 2.75) is 37.8 Å². The van der Waals surface area contributed by atoms with E-state index in [1.54, 1.807) is 4.68 Å². The lowest BCUT2D eigenvalue weighted by atomic mass is 10.0. The normalized spacial score (nSPS) is 19.0. The van der Waals surface area contributed by atoms with Crippen LogP contribution < -0.4 is 0 Å². The summed E-state index contributed by atoms with van der Waals surface area (Å²) < 4.78 is 3.84. The summed E-state index contributed by atoms with van der Waals surface area (Å²) in [6, 6.07) is 8.56. The Bertz CT molecular complexity index is 1380. The highest BCUT2D eigenvalue weighted by Crippen LogP contribution is 2.28. The van der Waals surface area contributed by atoms with Gasteiger partial charge >= 0.3 is 0 Å². The third-order valence-corrected chi connectivity index (χ3v) is 7.70. The third-order valence-electron chi connectivity index (χ3n) is 7.70. The van der Waals surface area contributed by atoms with E-state index in [9.17, 15) is 4.79 Å². The van der Waals surface area contributed by atoms with Crippen LogP contribution in [-0.2, 0) is 11.8 Å². The average Bonchev–Trinajstić information content (AvgIpc) is 3.70. The van der Waals surface area contributed by atoms with Gasteiger partial charge in [-0.25, -0.2) is 9.97 Å². The highest BCUT2D eigenvalue weighted by molar-refractivity contribution is 5.82. The van der Waals surface area contributed by atoms with Crippen molar-refractivity contribution in [3.05, 3.63) is 61.4 Å². The van der Waals surface area contributed by atoms with Gasteiger partial charge in [0.25, 0.3) is 0 Å². The second kappa shape index (κ2) is 9.89. The van der Waals surface area contributed by atoms with E-state index in [2.05, 4.69) is 50.4 Å². The highest BCUT2D eigenvalue weighted by Gasteiger charge is 2.33. The number of hydrogen-bond donors (Lipinski definition) is 0. The van der Waals surface area contributed by atoms with Crippen LogP contribution in [0.2, 0.25) is 0 Å². The number of aryl methyl sites for hydroxylation is 1. The van der Waals surface area contributed by atoms with Crippen molar-refractivity contribution in [2.24, 2.45) is 7.05 Å². The zero-order valence-corrected chi connectivity index (χ0v) is 21.4. The molecule has 6 rings (SSSR count). The molecule has 0 aliphatic carbocycles. The summed E-state index contributed by atoms with van der Waals surface area (Å²) in [6.45, 7) is 2.60. The molecule has 0 radical (unpaired) electrons. The van der Waals surface area contributed by atoms with Crippen molar-refractivity contribution in [1.29, 1.82) is 0 Å². The topological polar surface area (TPSA) is 85.0 Å². The molecule has 2 aliphatic heterocycles. The summed E-state index contributed by atoms with van der Waals surface area (Å²) >= 11 is 0. The van der Waals surface area contributed by atoms with E-state index >= 15 is 0 Å². The minimum atomic E-state index is 0.0636. The Balaban J connectivity index is 1.11. The number of carbonyl (C=O) groups is 1. The molecule has 0 saturated carbocycles. The zero-order valence-electron chi connectivity index (χ0n) is 21.4. The van der Waals surface area contributed by atoms with Gasteiger partial charge in [0.2, 0.25) is 5.91 Å². The van der Waals surface area contributed by atoms with Gasteiger partial charge in [0.1, 0.15) is 0 Å². The molecule has 1 amide bonds. The molecule has 0 spiro atoms. The Morgan fingerprint density at radius 1 is 0.811 bits per heavy atom. The van der Waals surface area contributed by atoms with Crippen LogP contribution in [0.25, 0.3) is 33.6 Å². The molecule has 1 aromatic carbocycles. The molecule has 2 fully saturated rings. The molecule has 9 heteroatoms. The molecular weight excluding hydrogens is 464 g/mol. The van der Waals surface area contributed by atoms with E-state index in [4.69, 9.17) is 0 Å². The molecule has 0 bridgehead atoms. The van der Waals surface area contributed by atoms with Gasteiger partial charge in [0.05, 0.1) is 24.5 Å². The summed E-state index contributed by atoms with van der Waals surface area (Å²) in [5.74, 6) is 0.981. The first-order valence-electron chi connectivity index (χ1n) is 13.0. The molecule has 2 saturated heterocycles. The number of hydrogen-bond acceptors (Lipinski definition) is 6. The van der Waals surface area contributed by atoms with Crippen molar-refractivity contribution in [1.82, 2.24) is 39.3 Å². The quantitative estimate of drug-likeness (QED) is 0.419. The van der Waals surface area contributed by atoms with E-state index in [-0.39, 0.29) is 6.04 Å². The first kappa shape index (κ1) is 23.5. The van der Waals surface area contributed by atoms with Crippen LogP contribution in [0.5, 0.6) is 0 Å². The van der Waals surface area contributed by atoms with E-state index in [0.29, 0.717) is 17.8 Å². The van der Waals surface area contributed by atoms with Gasteiger partial charge in [-0.3, -0.25) is 19.1 Å².